The summed E-state index contributed by atoms with van der Waals surface area (Å²) in [4.78, 5) is 0. The molecule has 5 heteroatoms. The number of nitrogens with two attached hydrogens (primary N) is 1. The van der Waals surface area contributed by atoms with Crippen LogP contribution in [-0.2, 0) is 13.5 Å². The lowest BCUT2D eigenvalue weighted by atomic mass is 9.98. The first-order valence-electron chi connectivity index (χ1n) is 6.52. The standard InChI is InChI=1S/C15H20FN3O/c1-9-15(10(2)19(3)18-9)13(17)8-11-5-6-14(20-4)12(16)7-11/h5-7,13H,8,17H2,1-4H3. The Morgan fingerprint density at radius 1 is 1.40 bits per heavy atom. The number of aryl methyl sites for hydroxylation is 2. The van der Waals surface area contributed by atoms with Gasteiger partial charge in [-0.3, -0.25) is 4.68 Å². The monoisotopic (exact) mass is 277 g/mol. The maximum Gasteiger partial charge on any atom is 0.165 e. The Hall–Kier alpha value is -1.88. The second kappa shape index (κ2) is 5.63. The maximum atomic E-state index is 13.7. The zero-order valence-corrected chi connectivity index (χ0v) is 12.3. The van der Waals surface area contributed by atoms with Crippen molar-refractivity contribution in [3.05, 3.63) is 46.5 Å². The molecule has 1 aromatic heterocycles. The molecule has 2 aromatic rings. The van der Waals surface area contributed by atoms with Crippen LogP contribution < -0.4 is 10.5 Å². The first kappa shape index (κ1) is 14.5. The van der Waals surface area contributed by atoms with Crippen LogP contribution in [0, 0.1) is 19.7 Å². The van der Waals surface area contributed by atoms with Crippen molar-refractivity contribution in [1.82, 2.24) is 9.78 Å². The molecule has 0 saturated heterocycles. The molecule has 0 amide bonds. The highest BCUT2D eigenvalue weighted by Crippen LogP contribution is 2.24. The fraction of sp³-hybridized carbons (Fsp3) is 0.400. The average Bonchev–Trinajstić information content (AvgIpc) is 2.63. The van der Waals surface area contributed by atoms with E-state index in [-0.39, 0.29) is 17.6 Å². The molecule has 20 heavy (non-hydrogen) atoms. The van der Waals surface area contributed by atoms with Crippen LogP contribution in [0.5, 0.6) is 5.75 Å². The average molecular weight is 277 g/mol. The molecule has 1 aromatic carbocycles. The lowest BCUT2D eigenvalue weighted by molar-refractivity contribution is 0.386. The number of nitrogens with zero attached hydrogens (tertiary/aromatic N) is 2. The zero-order valence-electron chi connectivity index (χ0n) is 12.3. The van der Waals surface area contributed by atoms with Crippen molar-refractivity contribution in [1.29, 1.82) is 0 Å². The van der Waals surface area contributed by atoms with Gasteiger partial charge in [0.25, 0.3) is 0 Å². The van der Waals surface area contributed by atoms with Gasteiger partial charge in [0.05, 0.1) is 12.8 Å². The molecule has 0 aliphatic rings. The summed E-state index contributed by atoms with van der Waals surface area (Å²) in [5.74, 6) is -0.118. The molecule has 1 heterocycles. The van der Waals surface area contributed by atoms with Crippen molar-refractivity contribution in [2.75, 3.05) is 7.11 Å². The fourth-order valence-corrected chi connectivity index (χ4v) is 2.52. The van der Waals surface area contributed by atoms with E-state index in [0.29, 0.717) is 6.42 Å². The molecule has 0 aliphatic heterocycles. The van der Waals surface area contributed by atoms with Crippen LogP contribution in [0.1, 0.15) is 28.6 Å². The summed E-state index contributed by atoms with van der Waals surface area (Å²) in [6.45, 7) is 3.93. The summed E-state index contributed by atoms with van der Waals surface area (Å²) < 4.78 is 20.4. The summed E-state index contributed by atoms with van der Waals surface area (Å²) in [5.41, 5.74) is 10.1. The number of halogens is 1. The van der Waals surface area contributed by atoms with E-state index in [0.717, 1.165) is 22.5 Å². The summed E-state index contributed by atoms with van der Waals surface area (Å²) in [7, 11) is 3.35. The Bertz CT molecular complexity index is 622. The van der Waals surface area contributed by atoms with Crippen LogP contribution in [0.2, 0.25) is 0 Å². The van der Waals surface area contributed by atoms with E-state index in [4.69, 9.17) is 10.5 Å². The first-order valence-corrected chi connectivity index (χ1v) is 6.52. The van der Waals surface area contributed by atoms with Crippen molar-refractivity contribution in [3.8, 4) is 5.75 Å². The first-order chi connectivity index (χ1) is 9.43. The molecule has 0 spiro atoms. The molecule has 1 unspecified atom stereocenters. The Balaban J connectivity index is 2.23. The summed E-state index contributed by atoms with van der Waals surface area (Å²) >= 11 is 0. The van der Waals surface area contributed by atoms with Crippen LogP contribution in [0.4, 0.5) is 4.39 Å². The molecule has 0 saturated carbocycles. The molecule has 2 N–H and O–H groups in total. The van der Waals surface area contributed by atoms with Crippen LogP contribution in [-0.4, -0.2) is 16.9 Å². The second-order valence-corrected chi connectivity index (χ2v) is 4.99. The number of hydrogen-bond donors (Lipinski definition) is 1. The van der Waals surface area contributed by atoms with E-state index in [1.807, 2.05) is 31.6 Å². The maximum absolute atomic E-state index is 13.7. The van der Waals surface area contributed by atoms with E-state index < -0.39 is 0 Å². The third-order valence-electron chi connectivity index (χ3n) is 3.61. The summed E-state index contributed by atoms with van der Waals surface area (Å²) in [6, 6.07) is 4.74. The lowest BCUT2D eigenvalue weighted by Crippen LogP contribution is -2.15. The predicted molar refractivity (Wildman–Crippen MR) is 76.3 cm³/mol. The fourth-order valence-electron chi connectivity index (χ4n) is 2.52. The molecular formula is C15H20FN3O. The molecule has 2 rings (SSSR count). The minimum Gasteiger partial charge on any atom is -0.494 e. The highest BCUT2D eigenvalue weighted by Gasteiger charge is 2.17. The van der Waals surface area contributed by atoms with E-state index >= 15 is 0 Å². The zero-order chi connectivity index (χ0) is 14.9. The SMILES string of the molecule is COc1ccc(CC(N)c2c(C)nn(C)c2C)cc1F. The van der Waals surface area contributed by atoms with Crippen molar-refractivity contribution in [2.24, 2.45) is 12.8 Å². The van der Waals surface area contributed by atoms with Gasteiger partial charge in [0, 0.05) is 24.3 Å². The number of aromatic nitrogens is 2. The van der Waals surface area contributed by atoms with Gasteiger partial charge < -0.3 is 10.5 Å². The second-order valence-electron chi connectivity index (χ2n) is 4.99. The van der Waals surface area contributed by atoms with Crippen molar-refractivity contribution in [3.63, 3.8) is 0 Å². The van der Waals surface area contributed by atoms with E-state index in [2.05, 4.69) is 5.10 Å². The van der Waals surface area contributed by atoms with Crippen molar-refractivity contribution >= 4 is 0 Å². The van der Waals surface area contributed by atoms with Gasteiger partial charge in [-0.05, 0) is 38.0 Å². The van der Waals surface area contributed by atoms with E-state index in [9.17, 15) is 4.39 Å². The highest BCUT2D eigenvalue weighted by molar-refractivity contribution is 5.33. The van der Waals surface area contributed by atoms with Gasteiger partial charge in [0.1, 0.15) is 0 Å². The summed E-state index contributed by atoms with van der Waals surface area (Å²) in [6.07, 6.45) is 0.564. The quantitative estimate of drug-likeness (QED) is 0.933. The number of methoxy groups -OCH3 is 1. The van der Waals surface area contributed by atoms with E-state index in [1.165, 1.54) is 13.2 Å². The number of hydrogen-bond acceptors (Lipinski definition) is 3. The van der Waals surface area contributed by atoms with Crippen LogP contribution >= 0.6 is 0 Å². The molecular weight excluding hydrogens is 257 g/mol. The summed E-state index contributed by atoms with van der Waals surface area (Å²) in [5, 5.41) is 4.36. The molecule has 0 aliphatic carbocycles. The smallest absolute Gasteiger partial charge is 0.165 e. The van der Waals surface area contributed by atoms with Crippen LogP contribution in [0.3, 0.4) is 0 Å². The molecule has 0 bridgehead atoms. The number of rotatable bonds is 4. The highest BCUT2D eigenvalue weighted by atomic mass is 19.1. The van der Waals surface area contributed by atoms with Gasteiger partial charge in [0.15, 0.2) is 11.6 Å². The Labute approximate surface area is 118 Å². The Morgan fingerprint density at radius 2 is 2.10 bits per heavy atom. The number of benzene rings is 1. The topological polar surface area (TPSA) is 53.1 Å². The largest absolute Gasteiger partial charge is 0.494 e. The van der Waals surface area contributed by atoms with Crippen molar-refractivity contribution in [2.45, 2.75) is 26.3 Å². The van der Waals surface area contributed by atoms with Gasteiger partial charge in [-0.15, -0.1) is 0 Å². The Morgan fingerprint density at radius 3 is 2.60 bits per heavy atom. The molecule has 0 fully saturated rings. The third kappa shape index (κ3) is 2.67. The van der Waals surface area contributed by atoms with Gasteiger partial charge >= 0.3 is 0 Å². The lowest BCUT2D eigenvalue weighted by Gasteiger charge is -2.13. The molecule has 4 nitrogen and oxygen atoms in total. The third-order valence-corrected chi connectivity index (χ3v) is 3.61. The van der Waals surface area contributed by atoms with Gasteiger partial charge in [-0.2, -0.15) is 5.10 Å². The van der Waals surface area contributed by atoms with Gasteiger partial charge in [0.2, 0.25) is 0 Å². The van der Waals surface area contributed by atoms with E-state index in [1.54, 1.807) is 6.07 Å². The van der Waals surface area contributed by atoms with Crippen molar-refractivity contribution < 1.29 is 9.13 Å². The minimum atomic E-state index is -0.364. The Kier molecular flexibility index (Phi) is 4.09. The molecule has 0 radical (unpaired) electrons. The molecule has 108 valence electrons. The van der Waals surface area contributed by atoms with Gasteiger partial charge in [-0.1, -0.05) is 6.07 Å². The normalized spacial score (nSPS) is 12.5. The molecule has 1 atom stereocenters. The van der Waals surface area contributed by atoms with Gasteiger partial charge in [-0.25, -0.2) is 4.39 Å². The van der Waals surface area contributed by atoms with Crippen LogP contribution in [0.25, 0.3) is 0 Å². The number of ether oxygens (including phenoxy) is 1. The van der Waals surface area contributed by atoms with Crippen LogP contribution in [0.15, 0.2) is 18.2 Å². The minimum absolute atomic E-state index is 0.198. The predicted octanol–water partition coefficient (Wildman–Crippen LogP) is 2.43.